The average molecular weight is 398 g/mol. The molecule has 0 radical (unpaired) electrons. The number of ether oxygens (including phenoxy) is 1. The molecule has 3 aromatic rings. The van der Waals surface area contributed by atoms with Crippen molar-refractivity contribution in [3.05, 3.63) is 51.9 Å². The van der Waals surface area contributed by atoms with E-state index in [0.29, 0.717) is 23.3 Å². The molecule has 0 N–H and O–H groups in total. The van der Waals surface area contributed by atoms with E-state index in [1.165, 1.54) is 27.8 Å². The Morgan fingerprint density at radius 3 is 2.57 bits per heavy atom. The van der Waals surface area contributed by atoms with Gasteiger partial charge in [0.25, 0.3) is 5.56 Å². The third-order valence-corrected chi connectivity index (χ3v) is 5.89. The fourth-order valence-corrected chi connectivity index (χ4v) is 4.56. The highest BCUT2D eigenvalue weighted by molar-refractivity contribution is 7.17. The van der Waals surface area contributed by atoms with Gasteiger partial charge in [-0.15, -0.1) is 11.3 Å². The summed E-state index contributed by atoms with van der Waals surface area (Å²) in [5.74, 6) is -0.0858. The molecule has 1 fully saturated rings. The van der Waals surface area contributed by atoms with E-state index >= 15 is 0 Å². The van der Waals surface area contributed by atoms with Crippen molar-refractivity contribution in [1.29, 1.82) is 0 Å². The summed E-state index contributed by atoms with van der Waals surface area (Å²) >= 11 is 1.45. The average Bonchev–Trinajstić information content (AvgIpc) is 3.08. The number of hydrogen-bond donors (Lipinski definition) is 0. The molecule has 0 bridgehead atoms. The van der Waals surface area contributed by atoms with E-state index in [9.17, 15) is 9.59 Å². The Bertz CT molecular complexity index is 1060. The summed E-state index contributed by atoms with van der Waals surface area (Å²) < 4.78 is 7.10. The summed E-state index contributed by atoms with van der Waals surface area (Å²) in [4.78, 5) is 32.8. The fraction of sp³-hybridized carbons (Fsp3) is 0.381. The molecule has 3 heterocycles. The molecule has 0 saturated carbocycles. The number of morpholine rings is 1. The van der Waals surface area contributed by atoms with E-state index in [1.54, 1.807) is 4.90 Å². The summed E-state index contributed by atoms with van der Waals surface area (Å²) in [5, 5.41) is 2.54. The zero-order valence-corrected chi connectivity index (χ0v) is 17.0. The number of aryl methyl sites for hydroxylation is 1. The van der Waals surface area contributed by atoms with Crippen molar-refractivity contribution < 1.29 is 9.53 Å². The SMILES string of the molecule is Cc1ccc(-c2csc3ncn(CC(=O)N4C[C@@H](C)O[C@H](C)C4)c(=O)c23)cc1. The van der Waals surface area contributed by atoms with Gasteiger partial charge in [0.15, 0.2) is 0 Å². The predicted octanol–water partition coefficient (Wildman–Crippen LogP) is 3.07. The second-order valence-electron chi connectivity index (χ2n) is 7.43. The maximum Gasteiger partial charge on any atom is 0.263 e. The molecule has 6 nitrogen and oxygen atoms in total. The highest BCUT2D eigenvalue weighted by atomic mass is 32.1. The van der Waals surface area contributed by atoms with Crippen LogP contribution in [-0.4, -0.2) is 45.7 Å². The van der Waals surface area contributed by atoms with E-state index in [-0.39, 0.29) is 30.2 Å². The van der Waals surface area contributed by atoms with Gasteiger partial charge < -0.3 is 9.64 Å². The highest BCUT2D eigenvalue weighted by Crippen LogP contribution is 2.30. The number of carbonyl (C=O) groups excluding carboxylic acids is 1. The van der Waals surface area contributed by atoms with Crippen LogP contribution in [0.3, 0.4) is 0 Å². The predicted molar refractivity (Wildman–Crippen MR) is 111 cm³/mol. The highest BCUT2D eigenvalue weighted by Gasteiger charge is 2.26. The van der Waals surface area contributed by atoms with Crippen molar-refractivity contribution in [3.63, 3.8) is 0 Å². The van der Waals surface area contributed by atoms with Crippen LogP contribution in [0.25, 0.3) is 21.3 Å². The molecule has 0 aliphatic carbocycles. The molecule has 7 heteroatoms. The van der Waals surface area contributed by atoms with E-state index < -0.39 is 0 Å². The molecule has 4 rings (SSSR count). The van der Waals surface area contributed by atoms with Crippen LogP contribution >= 0.6 is 11.3 Å². The number of carbonyl (C=O) groups is 1. The van der Waals surface area contributed by atoms with Gasteiger partial charge in [0.05, 0.1) is 23.9 Å². The lowest BCUT2D eigenvalue weighted by atomic mass is 10.1. The molecule has 146 valence electrons. The Labute approximate surface area is 167 Å². The standard InChI is InChI=1S/C21H23N3O3S/c1-13-4-6-16(7-5-13)17-11-28-20-19(17)21(26)24(12-22-20)10-18(25)23-8-14(2)27-15(3)9-23/h4-7,11-12,14-15H,8-10H2,1-3H3/t14-,15-/m1/s1. The Hall–Kier alpha value is -2.51. The van der Waals surface area contributed by atoms with Gasteiger partial charge in [0, 0.05) is 24.0 Å². The van der Waals surface area contributed by atoms with Crippen molar-refractivity contribution in [1.82, 2.24) is 14.5 Å². The van der Waals surface area contributed by atoms with Crippen LogP contribution in [0.5, 0.6) is 0 Å². The van der Waals surface area contributed by atoms with Gasteiger partial charge in [0.1, 0.15) is 11.4 Å². The van der Waals surface area contributed by atoms with Crippen LogP contribution in [-0.2, 0) is 16.1 Å². The summed E-state index contributed by atoms with van der Waals surface area (Å²) in [6.07, 6.45) is 1.47. The van der Waals surface area contributed by atoms with Crippen molar-refractivity contribution >= 4 is 27.5 Å². The first-order chi connectivity index (χ1) is 13.4. The molecule has 2 aromatic heterocycles. The van der Waals surface area contributed by atoms with E-state index in [2.05, 4.69) is 4.98 Å². The van der Waals surface area contributed by atoms with Gasteiger partial charge in [-0.25, -0.2) is 4.98 Å². The maximum atomic E-state index is 13.1. The number of nitrogens with zero attached hydrogens (tertiary/aromatic N) is 3. The molecular weight excluding hydrogens is 374 g/mol. The second-order valence-corrected chi connectivity index (χ2v) is 8.29. The van der Waals surface area contributed by atoms with Crippen LogP contribution in [0.15, 0.2) is 40.8 Å². The number of rotatable bonds is 3. The quantitative estimate of drug-likeness (QED) is 0.681. The summed E-state index contributed by atoms with van der Waals surface area (Å²) in [6.45, 7) is 7.01. The zero-order chi connectivity index (χ0) is 19.8. The molecule has 1 aromatic carbocycles. The first-order valence-electron chi connectivity index (χ1n) is 9.39. The number of aromatic nitrogens is 2. The van der Waals surface area contributed by atoms with Gasteiger partial charge in [-0.2, -0.15) is 0 Å². The van der Waals surface area contributed by atoms with Gasteiger partial charge in [-0.1, -0.05) is 29.8 Å². The Morgan fingerprint density at radius 2 is 1.89 bits per heavy atom. The fourth-order valence-electron chi connectivity index (χ4n) is 3.65. The van der Waals surface area contributed by atoms with Crippen LogP contribution in [0.2, 0.25) is 0 Å². The summed E-state index contributed by atoms with van der Waals surface area (Å²) in [7, 11) is 0. The maximum absolute atomic E-state index is 13.1. The largest absolute Gasteiger partial charge is 0.372 e. The number of fused-ring (bicyclic) bond motifs is 1. The lowest BCUT2D eigenvalue weighted by Gasteiger charge is -2.35. The third-order valence-electron chi connectivity index (χ3n) is 5.00. The Kier molecular flexibility index (Phi) is 5.03. The van der Waals surface area contributed by atoms with Crippen LogP contribution in [0.1, 0.15) is 19.4 Å². The minimum atomic E-state index is -0.176. The lowest BCUT2D eigenvalue weighted by Crippen LogP contribution is -2.49. The number of benzene rings is 1. The van der Waals surface area contributed by atoms with Crippen molar-refractivity contribution in [2.45, 2.75) is 39.5 Å². The molecule has 0 spiro atoms. The molecule has 28 heavy (non-hydrogen) atoms. The van der Waals surface area contributed by atoms with Gasteiger partial charge in [-0.3, -0.25) is 14.2 Å². The van der Waals surface area contributed by atoms with Gasteiger partial charge in [-0.05, 0) is 26.3 Å². The van der Waals surface area contributed by atoms with E-state index in [0.717, 1.165) is 11.1 Å². The van der Waals surface area contributed by atoms with Crippen LogP contribution in [0, 0.1) is 6.92 Å². The van der Waals surface area contributed by atoms with Gasteiger partial charge >= 0.3 is 0 Å². The summed E-state index contributed by atoms with van der Waals surface area (Å²) in [6, 6.07) is 8.07. The number of thiophene rings is 1. The first kappa shape index (κ1) is 18.8. The molecule has 2 atom stereocenters. The van der Waals surface area contributed by atoms with Crippen molar-refractivity contribution in [2.75, 3.05) is 13.1 Å². The van der Waals surface area contributed by atoms with Crippen molar-refractivity contribution in [2.24, 2.45) is 0 Å². The number of amides is 1. The molecule has 0 unspecified atom stereocenters. The van der Waals surface area contributed by atoms with Crippen LogP contribution < -0.4 is 5.56 Å². The molecule has 1 aliphatic rings. The Balaban J connectivity index is 1.66. The molecule has 1 saturated heterocycles. The number of hydrogen-bond acceptors (Lipinski definition) is 5. The van der Waals surface area contributed by atoms with E-state index in [1.807, 2.05) is 50.4 Å². The molecule has 1 amide bonds. The molecular formula is C21H23N3O3S. The second kappa shape index (κ2) is 7.48. The van der Waals surface area contributed by atoms with Crippen LogP contribution in [0.4, 0.5) is 0 Å². The lowest BCUT2D eigenvalue weighted by molar-refractivity contribution is -0.143. The third kappa shape index (κ3) is 3.59. The smallest absolute Gasteiger partial charge is 0.263 e. The minimum Gasteiger partial charge on any atom is -0.372 e. The normalized spacial score (nSPS) is 19.9. The topological polar surface area (TPSA) is 64.4 Å². The molecule has 1 aliphatic heterocycles. The zero-order valence-electron chi connectivity index (χ0n) is 16.2. The minimum absolute atomic E-state index is 0.00459. The monoisotopic (exact) mass is 397 g/mol. The van der Waals surface area contributed by atoms with Gasteiger partial charge in [0.2, 0.25) is 5.91 Å². The summed E-state index contributed by atoms with van der Waals surface area (Å²) in [5.41, 5.74) is 2.84. The Morgan fingerprint density at radius 1 is 1.21 bits per heavy atom. The van der Waals surface area contributed by atoms with Crippen molar-refractivity contribution in [3.8, 4) is 11.1 Å². The van der Waals surface area contributed by atoms with E-state index in [4.69, 9.17) is 4.74 Å². The first-order valence-corrected chi connectivity index (χ1v) is 10.3.